The molecule has 1 aliphatic heterocycles. The lowest BCUT2D eigenvalue weighted by Gasteiger charge is -2.00. The first-order valence-electron chi connectivity index (χ1n) is 7.29. The molecule has 2 aromatic heterocycles. The fourth-order valence-corrected chi connectivity index (χ4v) is 3.04. The Morgan fingerprint density at radius 1 is 1.21 bits per heavy atom. The number of carbonyl (C=O) groups is 1. The Kier molecular flexibility index (Phi) is 3.87. The summed E-state index contributed by atoms with van der Waals surface area (Å²) in [5.74, 6) is 1.67. The van der Waals surface area contributed by atoms with Crippen molar-refractivity contribution in [2.24, 2.45) is 0 Å². The summed E-state index contributed by atoms with van der Waals surface area (Å²) < 4.78 is 16.1. The van der Waals surface area contributed by atoms with Crippen molar-refractivity contribution in [3.63, 3.8) is 0 Å². The summed E-state index contributed by atoms with van der Waals surface area (Å²) in [7, 11) is 0. The van der Waals surface area contributed by atoms with Crippen molar-refractivity contribution in [1.82, 2.24) is 10.2 Å². The first-order valence-corrected chi connectivity index (χ1v) is 8.17. The quantitative estimate of drug-likeness (QED) is 0.766. The molecule has 8 heteroatoms. The molecule has 4 rings (SSSR count). The van der Waals surface area contributed by atoms with Gasteiger partial charge in [-0.2, -0.15) is 0 Å². The fourth-order valence-electron chi connectivity index (χ4n) is 2.34. The molecule has 1 aliphatic rings. The van der Waals surface area contributed by atoms with Crippen LogP contribution in [0.1, 0.15) is 16.3 Å². The van der Waals surface area contributed by atoms with E-state index in [9.17, 15) is 4.79 Å². The van der Waals surface area contributed by atoms with Gasteiger partial charge >= 0.3 is 6.01 Å². The molecule has 0 saturated heterocycles. The topological polar surface area (TPSA) is 86.5 Å². The van der Waals surface area contributed by atoms with E-state index in [1.165, 1.54) is 11.3 Å². The Morgan fingerprint density at radius 3 is 3.00 bits per heavy atom. The molecular formula is C16H13N3O4S. The van der Waals surface area contributed by atoms with Gasteiger partial charge in [0.1, 0.15) is 0 Å². The number of rotatable bonds is 5. The fraction of sp³-hybridized carbons (Fsp3) is 0.188. The van der Waals surface area contributed by atoms with Crippen molar-refractivity contribution in [2.75, 3.05) is 12.1 Å². The molecule has 3 heterocycles. The SMILES string of the molecule is O=C(Cc1cccs1)Nc1nnc(Cc2ccc3c(c2)OCO3)o1. The molecule has 24 heavy (non-hydrogen) atoms. The lowest BCUT2D eigenvalue weighted by atomic mass is 10.1. The van der Waals surface area contributed by atoms with E-state index in [2.05, 4.69) is 15.5 Å². The zero-order valence-electron chi connectivity index (χ0n) is 12.5. The van der Waals surface area contributed by atoms with E-state index in [1.807, 2.05) is 35.7 Å². The molecule has 0 fully saturated rings. The Bertz CT molecular complexity index is 860. The van der Waals surface area contributed by atoms with Gasteiger partial charge in [0, 0.05) is 4.88 Å². The Labute approximate surface area is 141 Å². The number of nitrogens with zero attached hydrogens (tertiary/aromatic N) is 2. The molecular weight excluding hydrogens is 330 g/mol. The van der Waals surface area contributed by atoms with E-state index >= 15 is 0 Å². The van der Waals surface area contributed by atoms with Crippen molar-refractivity contribution < 1.29 is 18.7 Å². The highest BCUT2D eigenvalue weighted by Gasteiger charge is 2.15. The van der Waals surface area contributed by atoms with E-state index in [-0.39, 0.29) is 25.1 Å². The van der Waals surface area contributed by atoms with Crippen molar-refractivity contribution >= 4 is 23.3 Å². The van der Waals surface area contributed by atoms with E-state index in [1.54, 1.807) is 0 Å². The number of amides is 1. The summed E-state index contributed by atoms with van der Waals surface area (Å²) in [5.41, 5.74) is 0.958. The first-order chi connectivity index (χ1) is 11.8. The Hall–Kier alpha value is -2.87. The second-order valence-corrected chi connectivity index (χ2v) is 6.20. The van der Waals surface area contributed by atoms with Crippen molar-refractivity contribution in [1.29, 1.82) is 0 Å². The molecule has 0 spiro atoms. The molecule has 0 atom stereocenters. The molecule has 0 aliphatic carbocycles. The zero-order chi connectivity index (χ0) is 16.4. The molecule has 1 N–H and O–H groups in total. The van der Waals surface area contributed by atoms with Crippen LogP contribution in [0.15, 0.2) is 40.1 Å². The standard InChI is InChI=1S/C16H13N3O4S/c20-14(8-11-2-1-5-24-11)17-16-19-18-15(23-16)7-10-3-4-12-13(6-10)22-9-21-12/h1-6H,7-9H2,(H,17,19,20). The van der Waals surface area contributed by atoms with Gasteiger partial charge in [-0.1, -0.05) is 17.2 Å². The predicted octanol–water partition coefficient (Wildman–Crippen LogP) is 2.63. The number of thiophene rings is 1. The average molecular weight is 343 g/mol. The number of nitrogens with one attached hydrogen (secondary N) is 1. The van der Waals surface area contributed by atoms with Crippen LogP contribution >= 0.6 is 11.3 Å². The third-order valence-electron chi connectivity index (χ3n) is 3.42. The molecule has 3 aromatic rings. The van der Waals surface area contributed by atoms with Crippen molar-refractivity contribution in [2.45, 2.75) is 12.8 Å². The van der Waals surface area contributed by atoms with E-state index < -0.39 is 0 Å². The maximum Gasteiger partial charge on any atom is 0.322 e. The van der Waals surface area contributed by atoms with Crippen LogP contribution in [0.4, 0.5) is 6.01 Å². The second-order valence-electron chi connectivity index (χ2n) is 5.17. The average Bonchev–Trinajstić information content (AvgIpc) is 3.29. The van der Waals surface area contributed by atoms with Crippen molar-refractivity contribution in [3.05, 3.63) is 52.0 Å². The highest BCUT2D eigenvalue weighted by atomic mass is 32.1. The van der Waals surface area contributed by atoms with Gasteiger partial charge < -0.3 is 13.9 Å². The maximum absolute atomic E-state index is 11.9. The van der Waals surface area contributed by atoms with E-state index in [0.717, 1.165) is 16.2 Å². The van der Waals surface area contributed by atoms with Gasteiger partial charge in [0.05, 0.1) is 12.8 Å². The van der Waals surface area contributed by atoms with Crippen LogP contribution < -0.4 is 14.8 Å². The molecule has 0 radical (unpaired) electrons. The molecule has 1 aromatic carbocycles. The van der Waals surface area contributed by atoms with Crippen LogP contribution in [0.2, 0.25) is 0 Å². The number of fused-ring (bicyclic) bond motifs is 1. The summed E-state index contributed by atoms with van der Waals surface area (Å²) in [6, 6.07) is 9.55. The third kappa shape index (κ3) is 3.23. The van der Waals surface area contributed by atoms with Crippen LogP contribution in [0, 0.1) is 0 Å². The van der Waals surface area contributed by atoms with Gasteiger partial charge in [0.15, 0.2) is 11.5 Å². The lowest BCUT2D eigenvalue weighted by Crippen LogP contribution is -2.13. The van der Waals surface area contributed by atoms with Crippen LogP contribution in [0.25, 0.3) is 0 Å². The summed E-state index contributed by atoms with van der Waals surface area (Å²) in [5, 5.41) is 12.3. The molecule has 0 saturated carbocycles. The minimum absolute atomic E-state index is 0.104. The van der Waals surface area contributed by atoms with Crippen LogP contribution in [0.5, 0.6) is 11.5 Å². The van der Waals surface area contributed by atoms with Crippen LogP contribution in [0.3, 0.4) is 0 Å². The summed E-state index contributed by atoms with van der Waals surface area (Å²) in [6.07, 6.45) is 0.738. The monoisotopic (exact) mass is 343 g/mol. The largest absolute Gasteiger partial charge is 0.454 e. The predicted molar refractivity (Wildman–Crippen MR) is 86.3 cm³/mol. The Balaban J connectivity index is 1.38. The molecule has 122 valence electrons. The van der Waals surface area contributed by atoms with Crippen molar-refractivity contribution in [3.8, 4) is 11.5 Å². The van der Waals surface area contributed by atoms with Crippen LogP contribution in [-0.4, -0.2) is 22.9 Å². The van der Waals surface area contributed by atoms with Gasteiger partial charge in [-0.05, 0) is 29.1 Å². The summed E-state index contributed by atoms with van der Waals surface area (Å²) >= 11 is 1.53. The minimum atomic E-state index is -0.185. The van der Waals surface area contributed by atoms with Crippen LogP contribution in [-0.2, 0) is 17.6 Å². The smallest absolute Gasteiger partial charge is 0.322 e. The lowest BCUT2D eigenvalue weighted by molar-refractivity contribution is -0.115. The van der Waals surface area contributed by atoms with E-state index in [4.69, 9.17) is 13.9 Å². The van der Waals surface area contributed by atoms with Gasteiger partial charge in [-0.3, -0.25) is 10.1 Å². The number of aromatic nitrogens is 2. The number of hydrogen-bond donors (Lipinski definition) is 1. The Morgan fingerprint density at radius 2 is 2.12 bits per heavy atom. The van der Waals surface area contributed by atoms with Gasteiger partial charge in [0.2, 0.25) is 18.6 Å². The number of carbonyl (C=O) groups excluding carboxylic acids is 1. The van der Waals surface area contributed by atoms with E-state index in [0.29, 0.717) is 18.1 Å². The summed E-state index contributed by atoms with van der Waals surface area (Å²) in [6.45, 7) is 0.236. The highest BCUT2D eigenvalue weighted by molar-refractivity contribution is 7.10. The first kappa shape index (κ1) is 14.7. The molecule has 0 bridgehead atoms. The normalized spacial score (nSPS) is 12.3. The molecule has 0 unspecified atom stereocenters. The number of ether oxygens (including phenoxy) is 2. The van der Waals surface area contributed by atoms with Gasteiger partial charge in [0.25, 0.3) is 0 Å². The highest BCUT2D eigenvalue weighted by Crippen LogP contribution is 2.33. The van der Waals surface area contributed by atoms with Gasteiger partial charge in [-0.15, -0.1) is 16.4 Å². The molecule has 7 nitrogen and oxygen atoms in total. The summed E-state index contributed by atoms with van der Waals surface area (Å²) in [4.78, 5) is 12.9. The number of hydrogen-bond acceptors (Lipinski definition) is 7. The maximum atomic E-state index is 11.9. The number of anilines is 1. The third-order valence-corrected chi connectivity index (χ3v) is 4.30. The number of benzene rings is 1. The van der Waals surface area contributed by atoms with Gasteiger partial charge in [-0.25, -0.2) is 0 Å². The second kappa shape index (κ2) is 6.32. The zero-order valence-corrected chi connectivity index (χ0v) is 13.3. The minimum Gasteiger partial charge on any atom is -0.454 e. The molecule has 1 amide bonds.